The molecular formula is C15H23FN2. The van der Waals surface area contributed by atoms with Gasteiger partial charge in [-0.2, -0.15) is 0 Å². The van der Waals surface area contributed by atoms with Crippen LogP contribution in [0.25, 0.3) is 0 Å². The minimum atomic E-state index is -0.0719. The molecule has 0 N–H and O–H groups in total. The van der Waals surface area contributed by atoms with E-state index >= 15 is 0 Å². The first kappa shape index (κ1) is 13.3. The highest BCUT2D eigenvalue weighted by molar-refractivity contribution is 5.50. The van der Waals surface area contributed by atoms with E-state index < -0.39 is 0 Å². The monoisotopic (exact) mass is 250 g/mol. The molecule has 1 aliphatic heterocycles. The van der Waals surface area contributed by atoms with Crippen molar-refractivity contribution in [3.8, 4) is 0 Å². The van der Waals surface area contributed by atoms with Gasteiger partial charge >= 0.3 is 0 Å². The third-order valence-electron chi connectivity index (χ3n) is 4.00. The smallest absolute Gasteiger partial charge is 0.146 e. The van der Waals surface area contributed by atoms with Crippen LogP contribution in [0.3, 0.4) is 0 Å². The Morgan fingerprint density at radius 1 is 1.22 bits per heavy atom. The quantitative estimate of drug-likeness (QED) is 0.813. The Morgan fingerprint density at radius 2 is 1.89 bits per heavy atom. The normalized spacial score (nSPS) is 19.0. The molecule has 0 aromatic heterocycles. The Morgan fingerprint density at radius 3 is 2.44 bits per heavy atom. The predicted molar refractivity (Wildman–Crippen MR) is 74.8 cm³/mol. The number of anilines is 1. The van der Waals surface area contributed by atoms with Crippen LogP contribution < -0.4 is 4.90 Å². The fourth-order valence-corrected chi connectivity index (χ4v) is 2.37. The molecule has 1 aromatic carbocycles. The van der Waals surface area contributed by atoms with Crippen molar-refractivity contribution < 1.29 is 4.39 Å². The zero-order valence-electron chi connectivity index (χ0n) is 11.6. The average molecular weight is 250 g/mol. The van der Waals surface area contributed by atoms with Gasteiger partial charge in [0.05, 0.1) is 5.69 Å². The molecule has 100 valence electrons. The van der Waals surface area contributed by atoms with Crippen molar-refractivity contribution in [2.24, 2.45) is 0 Å². The average Bonchev–Trinajstić information content (AvgIpc) is 2.39. The van der Waals surface area contributed by atoms with Gasteiger partial charge in [0.25, 0.3) is 0 Å². The highest BCUT2D eigenvalue weighted by Gasteiger charge is 2.17. The first-order valence-electron chi connectivity index (χ1n) is 6.84. The maximum atomic E-state index is 14.2. The van der Waals surface area contributed by atoms with Gasteiger partial charge in [-0.05, 0) is 37.1 Å². The summed E-state index contributed by atoms with van der Waals surface area (Å²) in [5.74, 6) is 0.360. The van der Waals surface area contributed by atoms with Gasteiger partial charge in [-0.25, -0.2) is 4.39 Å². The SMILES string of the molecule is CC[C@H](C)c1ccc(N2CCN(C)CC2)c(F)c1. The topological polar surface area (TPSA) is 6.48 Å². The molecule has 1 heterocycles. The molecule has 0 bridgehead atoms. The van der Waals surface area contributed by atoms with Crippen LogP contribution in [-0.2, 0) is 0 Å². The molecule has 0 unspecified atom stereocenters. The zero-order valence-corrected chi connectivity index (χ0v) is 11.6. The number of likely N-dealkylation sites (N-methyl/N-ethyl adjacent to an activating group) is 1. The third kappa shape index (κ3) is 2.83. The Kier molecular flexibility index (Phi) is 4.23. The molecular weight excluding hydrogens is 227 g/mol. The number of halogens is 1. The van der Waals surface area contributed by atoms with Gasteiger partial charge in [0.2, 0.25) is 0 Å². The summed E-state index contributed by atoms with van der Waals surface area (Å²) in [5, 5.41) is 0. The summed E-state index contributed by atoms with van der Waals surface area (Å²) >= 11 is 0. The fraction of sp³-hybridized carbons (Fsp3) is 0.600. The molecule has 0 spiro atoms. The van der Waals surface area contributed by atoms with Gasteiger partial charge in [0.15, 0.2) is 0 Å². The van der Waals surface area contributed by atoms with E-state index in [1.807, 2.05) is 6.07 Å². The molecule has 0 saturated carbocycles. The molecule has 3 heteroatoms. The summed E-state index contributed by atoms with van der Waals surface area (Å²) in [6.07, 6.45) is 1.05. The zero-order chi connectivity index (χ0) is 13.1. The van der Waals surface area contributed by atoms with E-state index in [-0.39, 0.29) is 5.82 Å². The van der Waals surface area contributed by atoms with Crippen LogP contribution in [0, 0.1) is 5.82 Å². The van der Waals surface area contributed by atoms with Crippen LogP contribution in [0.1, 0.15) is 31.7 Å². The standard InChI is InChI=1S/C15H23FN2/c1-4-12(2)13-5-6-15(14(16)11-13)18-9-7-17(3)8-10-18/h5-6,11-12H,4,7-10H2,1-3H3/t12-/m0/s1. The van der Waals surface area contributed by atoms with Crippen LogP contribution in [0.4, 0.5) is 10.1 Å². The summed E-state index contributed by atoms with van der Waals surface area (Å²) < 4.78 is 14.2. The lowest BCUT2D eigenvalue weighted by molar-refractivity contribution is 0.311. The molecule has 1 atom stereocenters. The van der Waals surface area contributed by atoms with Gasteiger partial charge < -0.3 is 9.80 Å². The second kappa shape index (κ2) is 5.70. The predicted octanol–water partition coefficient (Wildman–Crippen LogP) is 3.09. The number of hydrogen-bond donors (Lipinski definition) is 0. The van der Waals surface area contributed by atoms with Crippen molar-refractivity contribution in [3.63, 3.8) is 0 Å². The summed E-state index contributed by atoms with van der Waals surface area (Å²) in [6, 6.07) is 5.73. The van der Waals surface area contributed by atoms with E-state index in [0.717, 1.165) is 43.9 Å². The molecule has 1 fully saturated rings. The lowest BCUT2D eigenvalue weighted by Crippen LogP contribution is -2.44. The second-order valence-electron chi connectivity index (χ2n) is 5.31. The maximum absolute atomic E-state index is 14.2. The number of hydrogen-bond acceptors (Lipinski definition) is 2. The van der Waals surface area contributed by atoms with Gasteiger partial charge in [-0.1, -0.05) is 19.9 Å². The summed E-state index contributed by atoms with van der Waals surface area (Å²) in [5.41, 5.74) is 1.86. The largest absolute Gasteiger partial charge is 0.367 e. The summed E-state index contributed by atoms with van der Waals surface area (Å²) in [6.45, 7) is 8.12. The van der Waals surface area contributed by atoms with Crippen molar-refractivity contribution in [2.75, 3.05) is 38.1 Å². The Balaban J connectivity index is 2.14. The van der Waals surface area contributed by atoms with Gasteiger partial charge in [0.1, 0.15) is 5.82 Å². The van der Waals surface area contributed by atoms with Crippen molar-refractivity contribution in [2.45, 2.75) is 26.2 Å². The summed E-state index contributed by atoms with van der Waals surface area (Å²) in [4.78, 5) is 4.43. The number of benzene rings is 1. The molecule has 2 rings (SSSR count). The van der Waals surface area contributed by atoms with Gasteiger partial charge in [-0.15, -0.1) is 0 Å². The Labute approximate surface area is 109 Å². The van der Waals surface area contributed by atoms with E-state index in [9.17, 15) is 4.39 Å². The van der Waals surface area contributed by atoms with E-state index in [4.69, 9.17) is 0 Å². The highest BCUT2D eigenvalue weighted by atomic mass is 19.1. The number of rotatable bonds is 3. The molecule has 2 nitrogen and oxygen atoms in total. The van der Waals surface area contributed by atoms with Crippen LogP contribution in [0.15, 0.2) is 18.2 Å². The molecule has 1 aromatic rings. The lowest BCUT2D eigenvalue weighted by Gasteiger charge is -2.34. The summed E-state index contributed by atoms with van der Waals surface area (Å²) in [7, 11) is 2.11. The van der Waals surface area contributed by atoms with Crippen molar-refractivity contribution >= 4 is 5.69 Å². The van der Waals surface area contributed by atoms with Crippen LogP contribution in [0.5, 0.6) is 0 Å². The first-order valence-corrected chi connectivity index (χ1v) is 6.84. The highest BCUT2D eigenvalue weighted by Crippen LogP contribution is 2.26. The lowest BCUT2D eigenvalue weighted by atomic mass is 9.98. The van der Waals surface area contributed by atoms with E-state index in [1.165, 1.54) is 0 Å². The third-order valence-corrected chi connectivity index (χ3v) is 4.00. The molecule has 0 aliphatic carbocycles. The number of nitrogens with zero attached hydrogens (tertiary/aromatic N) is 2. The Hall–Kier alpha value is -1.09. The molecule has 18 heavy (non-hydrogen) atoms. The molecule has 0 radical (unpaired) electrons. The van der Waals surface area contributed by atoms with Crippen molar-refractivity contribution in [3.05, 3.63) is 29.6 Å². The van der Waals surface area contributed by atoms with Gasteiger partial charge in [0, 0.05) is 26.2 Å². The minimum Gasteiger partial charge on any atom is -0.367 e. The van der Waals surface area contributed by atoms with E-state index in [0.29, 0.717) is 5.92 Å². The maximum Gasteiger partial charge on any atom is 0.146 e. The van der Waals surface area contributed by atoms with Crippen molar-refractivity contribution in [1.82, 2.24) is 4.90 Å². The molecule has 1 saturated heterocycles. The molecule has 0 amide bonds. The minimum absolute atomic E-state index is 0.0719. The Bertz CT molecular complexity index is 397. The van der Waals surface area contributed by atoms with Crippen molar-refractivity contribution in [1.29, 1.82) is 0 Å². The van der Waals surface area contributed by atoms with Gasteiger partial charge in [-0.3, -0.25) is 0 Å². The first-order chi connectivity index (χ1) is 8.61. The number of piperazine rings is 1. The van der Waals surface area contributed by atoms with E-state index in [2.05, 4.69) is 36.8 Å². The van der Waals surface area contributed by atoms with Crippen LogP contribution in [0.2, 0.25) is 0 Å². The molecule has 1 aliphatic rings. The van der Waals surface area contributed by atoms with E-state index in [1.54, 1.807) is 6.07 Å². The second-order valence-corrected chi connectivity index (χ2v) is 5.31. The fourth-order valence-electron chi connectivity index (χ4n) is 2.37. The van der Waals surface area contributed by atoms with Crippen LogP contribution >= 0.6 is 0 Å². The van der Waals surface area contributed by atoms with Crippen LogP contribution in [-0.4, -0.2) is 38.1 Å².